The van der Waals surface area contributed by atoms with E-state index in [1.165, 1.54) is 7.11 Å². The molecule has 1 heterocycles. The lowest BCUT2D eigenvalue weighted by Gasteiger charge is -2.18. The van der Waals surface area contributed by atoms with E-state index in [0.29, 0.717) is 11.7 Å². The Hall–Kier alpha value is -1.08. The van der Waals surface area contributed by atoms with Crippen LogP contribution in [-0.4, -0.2) is 37.7 Å². The molecule has 0 radical (unpaired) electrons. The summed E-state index contributed by atoms with van der Waals surface area (Å²) in [5.74, 6) is 0.967. The molecule has 1 atom stereocenters. The second kappa shape index (κ2) is 6.91. The lowest BCUT2D eigenvalue weighted by molar-refractivity contribution is 0.217. The number of aromatic nitrogens is 2. The van der Waals surface area contributed by atoms with Gasteiger partial charge in [0, 0.05) is 13.2 Å². The Kier molecular flexibility index (Phi) is 5.81. The molecule has 0 amide bonds. The number of nitrogens with zero attached hydrogens (tertiary/aromatic N) is 2. The Balaban J connectivity index is 2.77. The van der Waals surface area contributed by atoms with Gasteiger partial charge in [0.25, 0.3) is 0 Å². The van der Waals surface area contributed by atoms with E-state index >= 15 is 0 Å². The van der Waals surface area contributed by atoms with Crippen molar-refractivity contribution in [1.29, 1.82) is 0 Å². The van der Waals surface area contributed by atoms with Crippen LogP contribution in [0.3, 0.4) is 0 Å². The van der Waals surface area contributed by atoms with Crippen molar-refractivity contribution in [3.63, 3.8) is 0 Å². The minimum absolute atomic E-state index is 0.0623. The number of anilines is 1. The topological polar surface area (TPSA) is 73.2 Å². The molecule has 0 aliphatic heterocycles. The highest BCUT2D eigenvalue weighted by molar-refractivity contribution is 7.92. The summed E-state index contributed by atoms with van der Waals surface area (Å²) in [5.41, 5.74) is 0. The molecular formula is C12H23N3O3S. The molecule has 0 fully saturated rings. The first-order valence-electron chi connectivity index (χ1n) is 6.38. The molecule has 1 aromatic rings. The molecule has 19 heavy (non-hydrogen) atoms. The molecule has 0 saturated carbocycles. The predicted molar refractivity (Wildman–Crippen MR) is 75.7 cm³/mol. The maximum absolute atomic E-state index is 11.8. The molecule has 1 aromatic heterocycles. The minimum atomic E-state index is -3.39. The van der Waals surface area contributed by atoms with E-state index in [9.17, 15) is 8.42 Å². The lowest BCUT2D eigenvalue weighted by Crippen LogP contribution is -2.22. The first-order chi connectivity index (χ1) is 8.85. The number of hydrogen-bond acceptors (Lipinski definition) is 4. The molecule has 0 aliphatic carbocycles. The first kappa shape index (κ1) is 16.0. The molecular weight excluding hydrogens is 266 g/mol. The van der Waals surface area contributed by atoms with Gasteiger partial charge in [0.1, 0.15) is 5.82 Å². The zero-order valence-corrected chi connectivity index (χ0v) is 12.8. The third kappa shape index (κ3) is 5.20. The number of rotatable bonds is 8. The average Bonchev–Trinajstić information content (AvgIpc) is 2.73. The highest BCUT2D eigenvalue weighted by atomic mass is 32.2. The molecule has 0 spiro atoms. The van der Waals surface area contributed by atoms with Crippen molar-refractivity contribution < 1.29 is 13.2 Å². The summed E-state index contributed by atoms with van der Waals surface area (Å²) in [6.07, 6.45) is 2.54. The van der Waals surface area contributed by atoms with Gasteiger partial charge in [-0.1, -0.05) is 13.8 Å². The molecule has 0 aliphatic rings. The summed E-state index contributed by atoms with van der Waals surface area (Å²) in [4.78, 5) is 0. The Morgan fingerprint density at radius 3 is 2.68 bits per heavy atom. The summed E-state index contributed by atoms with van der Waals surface area (Å²) in [6.45, 7) is 6.45. The van der Waals surface area contributed by atoms with Crippen LogP contribution in [0.25, 0.3) is 0 Å². The van der Waals surface area contributed by atoms with Crippen LogP contribution in [-0.2, 0) is 14.8 Å². The Morgan fingerprint density at radius 2 is 2.11 bits per heavy atom. The SMILES string of the molecule is COCCS(=O)(=O)Nc1ccnn1[C@@H](C)CC(C)C. The summed E-state index contributed by atoms with van der Waals surface area (Å²) in [5, 5.41) is 4.19. The van der Waals surface area contributed by atoms with Gasteiger partial charge in [-0.3, -0.25) is 4.72 Å². The Morgan fingerprint density at radius 1 is 1.42 bits per heavy atom. The first-order valence-corrected chi connectivity index (χ1v) is 8.04. The maximum atomic E-state index is 11.8. The summed E-state index contributed by atoms with van der Waals surface area (Å²) in [6, 6.07) is 1.82. The lowest BCUT2D eigenvalue weighted by atomic mass is 10.1. The van der Waals surface area contributed by atoms with Crippen molar-refractivity contribution in [2.24, 2.45) is 5.92 Å². The van der Waals surface area contributed by atoms with Crippen molar-refractivity contribution >= 4 is 15.8 Å². The zero-order valence-electron chi connectivity index (χ0n) is 12.0. The fraction of sp³-hybridized carbons (Fsp3) is 0.750. The van der Waals surface area contributed by atoms with E-state index in [0.717, 1.165) is 6.42 Å². The van der Waals surface area contributed by atoms with E-state index in [1.807, 2.05) is 6.92 Å². The van der Waals surface area contributed by atoms with Crippen LogP contribution in [0.1, 0.15) is 33.2 Å². The second-order valence-electron chi connectivity index (χ2n) is 5.05. The van der Waals surface area contributed by atoms with Gasteiger partial charge in [0.15, 0.2) is 0 Å². The van der Waals surface area contributed by atoms with Crippen LogP contribution >= 0.6 is 0 Å². The van der Waals surface area contributed by atoms with Crippen LogP contribution in [0.4, 0.5) is 5.82 Å². The number of ether oxygens (including phenoxy) is 1. The van der Waals surface area contributed by atoms with Gasteiger partial charge in [0.05, 0.1) is 24.6 Å². The highest BCUT2D eigenvalue weighted by Crippen LogP contribution is 2.21. The summed E-state index contributed by atoms with van der Waals surface area (Å²) in [7, 11) is -1.91. The van der Waals surface area contributed by atoms with Crippen molar-refractivity contribution in [1.82, 2.24) is 9.78 Å². The summed E-state index contributed by atoms with van der Waals surface area (Å²) >= 11 is 0. The smallest absolute Gasteiger partial charge is 0.236 e. The van der Waals surface area contributed by atoms with Crippen LogP contribution in [0, 0.1) is 5.92 Å². The summed E-state index contributed by atoms with van der Waals surface area (Å²) < 4.78 is 32.7. The fourth-order valence-corrected chi connectivity index (χ4v) is 2.90. The van der Waals surface area contributed by atoms with Gasteiger partial charge in [-0.05, 0) is 19.3 Å². The minimum Gasteiger partial charge on any atom is -0.384 e. The van der Waals surface area contributed by atoms with Crippen molar-refractivity contribution in [3.05, 3.63) is 12.3 Å². The quantitative estimate of drug-likeness (QED) is 0.793. The molecule has 1 N–H and O–H groups in total. The van der Waals surface area contributed by atoms with Crippen LogP contribution in [0.5, 0.6) is 0 Å². The average molecular weight is 289 g/mol. The van der Waals surface area contributed by atoms with Crippen molar-refractivity contribution in [3.8, 4) is 0 Å². The van der Waals surface area contributed by atoms with Crippen LogP contribution < -0.4 is 4.72 Å². The Bertz CT molecular complexity index is 482. The molecule has 6 nitrogen and oxygen atoms in total. The molecule has 0 aromatic carbocycles. The monoisotopic (exact) mass is 289 g/mol. The fourth-order valence-electron chi connectivity index (χ4n) is 1.93. The number of hydrogen-bond donors (Lipinski definition) is 1. The third-order valence-electron chi connectivity index (χ3n) is 2.72. The molecule has 1 rings (SSSR count). The van der Waals surface area contributed by atoms with E-state index in [1.54, 1.807) is 16.9 Å². The standard InChI is InChI=1S/C12H23N3O3S/c1-10(2)9-11(3)15-12(5-6-13-15)14-19(16,17)8-7-18-4/h5-6,10-11,14H,7-9H2,1-4H3/t11-/m0/s1. The highest BCUT2D eigenvalue weighted by Gasteiger charge is 2.16. The molecule has 0 saturated heterocycles. The Labute approximate surface area is 115 Å². The van der Waals surface area contributed by atoms with Crippen molar-refractivity contribution in [2.75, 3.05) is 24.2 Å². The van der Waals surface area contributed by atoms with E-state index in [4.69, 9.17) is 4.74 Å². The van der Waals surface area contributed by atoms with Gasteiger partial charge >= 0.3 is 0 Å². The molecule has 110 valence electrons. The van der Waals surface area contributed by atoms with Crippen LogP contribution in [0.15, 0.2) is 12.3 Å². The zero-order chi connectivity index (χ0) is 14.5. The number of nitrogens with one attached hydrogen (secondary N) is 1. The maximum Gasteiger partial charge on any atom is 0.236 e. The van der Waals surface area contributed by atoms with Gasteiger partial charge < -0.3 is 4.74 Å². The van der Waals surface area contributed by atoms with Crippen LogP contribution in [0.2, 0.25) is 0 Å². The number of methoxy groups -OCH3 is 1. The van der Waals surface area contributed by atoms with E-state index in [-0.39, 0.29) is 18.4 Å². The molecule has 0 unspecified atom stereocenters. The van der Waals surface area contributed by atoms with Gasteiger partial charge in [-0.2, -0.15) is 5.10 Å². The van der Waals surface area contributed by atoms with Gasteiger partial charge in [-0.15, -0.1) is 0 Å². The van der Waals surface area contributed by atoms with Gasteiger partial charge in [-0.25, -0.2) is 13.1 Å². The van der Waals surface area contributed by atoms with E-state index in [2.05, 4.69) is 23.7 Å². The van der Waals surface area contributed by atoms with Crippen molar-refractivity contribution in [2.45, 2.75) is 33.2 Å². The normalized spacial score (nSPS) is 13.7. The van der Waals surface area contributed by atoms with Gasteiger partial charge in [0.2, 0.25) is 10.0 Å². The third-order valence-corrected chi connectivity index (χ3v) is 3.94. The molecule has 7 heteroatoms. The number of sulfonamides is 1. The predicted octanol–water partition coefficient (Wildman–Crippen LogP) is 1.88. The second-order valence-corrected chi connectivity index (χ2v) is 6.90. The largest absolute Gasteiger partial charge is 0.384 e. The molecule has 0 bridgehead atoms. The van der Waals surface area contributed by atoms with E-state index < -0.39 is 10.0 Å².